The summed E-state index contributed by atoms with van der Waals surface area (Å²) in [5.74, 6) is -0.184. The number of nitrogens with one attached hydrogen (secondary N) is 1. The molecule has 0 bridgehead atoms. The molecule has 1 amide bonds. The summed E-state index contributed by atoms with van der Waals surface area (Å²) in [6.07, 6.45) is 1.53. The topological polar surface area (TPSA) is 68.0 Å². The van der Waals surface area contributed by atoms with Gasteiger partial charge in [0.25, 0.3) is 5.91 Å². The molecule has 0 unspecified atom stereocenters. The molecule has 0 saturated carbocycles. The molecule has 0 aliphatic heterocycles. The minimum atomic E-state index is -0.184. The van der Waals surface area contributed by atoms with E-state index in [-0.39, 0.29) is 5.91 Å². The summed E-state index contributed by atoms with van der Waals surface area (Å²) in [5, 5.41) is 2.79. The zero-order valence-corrected chi connectivity index (χ0v) is 11.4. The highest BCUT2D eigenvalue weighted by Crippen LogP contribution is 2.28. The maximum absolute atomic E-state index is 11.8. The first kappa shape index (κ1) is 12.1. The van der Waals surface area contributed by atoms with E-state index in [2.05, 4.69) is 26.2 Å². The third-order valence-corrected chi connectivity index (χ3v) is 3.69. The van der Waals surface area contributed by atoms with E-state index in [0.717, 1.165) is 10.0 Å². The van der Waals surface area contributed by atoms with Crippen LogP contribution < -0.4 is 11.1 Å². The summed E-state index contributed by atoms with van der Waals surface area (Å²) in [4.78, 5) is 16.2. The molecule has 17 heavy (non-hydrogen) atoms. The molecule has 3 N–H and O–H groups in total. The van der Waals surface area contributed by atoms with Crippen LogP contribution in [0.3, 0.4) is 0 Å². The molecule has 88 valence electrons. The van der Waals surface area contributed by atoms with E-state index in [1.54, 1.807) is 11.6 Å². The summed E-state index contributed by atoms with van der Waals surface area (Å²) in [7, 11) is 0. The van der Waals surface area contributed by atoms with E-state index < -0.39 is 0 Å². The molecule has 0 fully saturated rings. The number of carbonyl (C=O) groups excluding carboxylic acids is 1. The normalized spacial score (nSPS) is 10.2. The maximum Gasteiger partial charge on any atom is 0.267 e. The molecule has 0 atom stereocenters. The zero-order valence-electron chi connectivity index (χ0n) is 9.03. The van der Waals surface area contributed by atoms with Crippen molar-refractivity contribution in [2.45, 2.75) is 6.92 Å². The van der Waals surface area contributed by atoms with Gasteiger partial charge in [0.05, 0.1) is 17.4 Å². The first-order chi connectivity index (χ1) is 8.08. The number of nitrogen functional groups attached to an aromatic ring is 1. The lowest BCUT2D eigenvalue weighted by Gasteiger charge is -2.09. The van der Waals surface area contributed by atoms with Crippen LogP contribution in [0.2, 0.25) is 0 Å². The van der Waals surface area contributed by atoms with Gasteiger partial charge in [0.1, 0.15) is 4.88 Å². The van der Waals surface area contributed by atoms with Crippen LogP contribution in [0.5, 0.6) is 0 Å². The van der Waals surface area contributed by atoms with Crippen molar-refractivity contribution in [3.05, 3.63) is 38.8 Å². The predicted molar refractivity (Wildman–Crippen MR) is 73.4 cm³/mol. The van der Waals surface area contributed by atoms with Crippen LogP contribution in [0.15, 0.2) is 28.3 Å². The molecular formula is C11H10BrN3OS. The Balaban J connectivity index is 2.25. The summed E-state index contributed by atoms with van der Waals surface area (Å²) < 4.78 is 0.807. The van der Waals surface area contributed by atoms with Crippen LogP contribution in [0.25, 0.3) is 0 Å². The second-order valence-corrected chi connectivity index (χ2v) is 5.25. The molecule has 0 aliphatic carbocycles. The van der Waals surface area contributed by atoms with E-state index in [1.165, 1.54) is 17.5 Å². The average molecular weight is 312 g/mol. The first-order valence-corrected chi connectivity index (χ1v) is 6.50. The first-order valence-electron chi connectivity index (χ1n) is 4.83. The Kier molecular flexibility index (Phi) is 3.44. The zero-order chi connectivity index (χ0) is 12.4. The fraction of sp³-hybridized carbons (Fsp3) is 0.0909. The number of nitrogens with two attached hydrogens (primary N) is 1. The second kappa shape index (κ2) is 4.85. The van der Waals surface area contributed by atoms with Gasteiger partial charge in [0.2, 0.25) is 0 Å². The molecule has 0 saturated heterocycles. The van der Waals surface area contributed by atoms with Gasteiger partial charge in [-0.05, 0) is 40.5 Å². The van der Waals surface area contributed by atoms with Crippen molar-refractivity contribution < 1.29 is 4.79 Å². The molecule has 0 aliphatic rings. The Hall–Kier alpha value is -1.40. The largest absolute Gasteiger partial charge is 0.398 e. The highest BCUT2D eigenvalue weighted by atomic mass is 79.9. The lowest BCUT2D eigenvalue weighted by Crippen LogP contribution is -2.11. The van der Waals surface area contributed by atoms with Crippen molar-refractivity contribution >= 4 is 44.5 Å². The van der Waals surface area contributed by atoms with E-state index in [0.29, 0.717) is 16.3 Å². The fourth-order valence-corrected chi connectivity index (χ4v) is 2.37. The van der Waals surface area contributed by atoms with Gasteiger partial charge >= 0.3 is 0 Å². The highest BCUT2D eigenvalue weighted by molar-refractivity contribution is 9.10. The molecule has 6 heteroatoms. The van der Waals surface area contributed by atoms with Gasteiger partial charge in [-0.15, -0.1) is 11.3 Å². The number of rotatable bonds is 2. The molecule has 4 nitrogen and oxygen atoms in total. The predicted octanol–water partition coefficient (Wildman–Crippen LogP) is 3.05. The molecule has 1 aromatic carbocycles. The summed E-state index contributed by atoms with van der Waals surface area (Å²) in [5.41, 5.74) is 9.69. The lowest BCUT2D eigenvalue weighted by atomic mass is 10.2. The van der Waals surface area contributed by atoms with Gasteiger partial charge in [-0.25, -0.2) is 0 Å². The van der Waals surface area contributed by atoms with Gasteiger partial charge in [0, 0.05) is 10.2 Å². The third-order valence-electron chi connectivity index (χ3n) is 2.26. The van der Waals surface area contributed by atoms with E-state index in [1.807, 2.05) is 13.0 Å². The van der Waals surface area contributed by atoms with Crippen LogP contribution in [-0.4, -0.2) is 10.9 Å². The number of hydrogen-bond acceptors (Lipinski definition) is 4. The average Bonchev–Trinajstić information content (AvgIpc) is 2.79. The van der Waals surface area contributed by atoms with Crippen molar-refractivity contribution in [1.29, 1.82) is 0 Å². The number of aryl methyl sites for hydroxylation is 1. The van der Waals surface area contributed by atoms with Crippen LogP contribution in [0.1, 0.15) is 15.2 Å². The number of halogens is 1. The van der Waals surface area contributed by atoms with Crippen LogP contribution in [-0.2, 0) is 0 Å². The summed E-state index contributed by atoms with van der Waals surface area (Å²) in [6.45, 7) is 1.91. The molecular weight excluding hydrogens is 302 g/mol. The lowest BCUT2D eigenvalue weighted by molar-refractivity contribution is 0.103. The third kappa shape index (κ3) is 2.65. The van der Waals surface area contributed by atoms with Crippen molar-refractivity contribution in [2.24, 2.45) is 0 Å². The number of nitrogens with zero attached hydrogens (tertiary/aromatic N) is 1. The van der Waals surface area contributed by atoms with Crippen LogP contribution in [0.4, 0.5) is 11.4 Å². The summed E-state index contributed by atoms with van der Waals surface area (Å²) in [6, 6.07) is 3.61. The van der Waals surface area contributed by atoms with Crippen molar-refractivity contribution in [1.82, 2.24) is 4.98 Å². The molecule has 1 heterocycles. The smallest absolute Gasteiger partial charge is 0.267 e. The van der Waals surface area contributed by atoms with Gasteiger partial charge < -0.3 is 11.1 Å². The Morgan fingerprint density at radius 1 is 1.53 bits per heavy atom. The number of anilines is 2. The Bertz CT molecular complexity index is 554. The van der Waals surface area contributed by atoms with Crippen LogP contribution >= 0.6 is 27.3 Å². The van der Waals surface area contributed by atoms with Gasteiger partial charge in [-0.2, -0.15) is 0 Å². The van der Waals surface area contributed by atoms with E-state index >= 15 is 0 Å². The van der Waals surface area contributed by atoms with E-state index in [4.69, 9.17) is 5.73 Å². The SMILES string of the molecule is Cc1cc(Br)c(NC(=O)c2cncs2)cc1N. The van der Waals surface area contributed by atoms with Gasteiger partial charge in [-0.3, -0.25) is 9.78 Å². The standard InChI is InChI=1S/C11H10BrN3OS/c1-6-2-7(12)9(3-8(6)13)15-11(16)10-4-14-5-17-10/h2-5H,13H2,1H3,(H,15,16). The Labute approximate surface area is 111 Å². The Morgan fingerprint density at radius 3 is 2.94 bits per heavy atom. The minimum absolute atomic E-state index is 0.184. The quantitative estimate of drug-likeness (QED) is 0.838. The number of carbonyl (C=O) groups is 1. The second-order valence-electron chi connectivity index (χ2n) is 3.51. The fourth-order valence-electron chi connectivity index (χ4n) is 1.30. The molecule has 2 rings (SSSR count). The molecule has 1 aromatic heterocycles. The minimum Gasteiger partial charge on any atom is -0.398 e. The molecule has 2 aromatic rings. The number of benzene rings is 1. The number of thiazole rings is 1. The number of hydrogen-bond donors (Lipinski definition) is 2. The van der Waals surface area contributed by atoms with E-state index in [9.17, 15) is 4.79 Å². The highest BCUT2D eigenvalue weighted by Gasteiger charge is 2.10. The number of amides is 1. The van der Waals surface area contributed by atoms with Gasteiger partial charge in [-0.1, -0.05) is 0 Å². The van der Waals surface area contributed by atoms with Crippen molar-refractivity contribution in [3.63, 3.8) is 0 Å². The monoisotopic (exact) mass is 311 g/mol. The maximum atomic E-state index is 11.8. The van der Waals surface area contributed by atoms with Gasteiger partial charge in [0.15, 0.2) is 0 Å². The van der Waals surface area contributed by atoms with Crippen molar-refractivity contribution in [2.75, 3.05) is 11.1 Å². The van der Waals surface area contributed by atoms with Crippen LogP contribution in [0, 0.1) is 6.92 Å². The molecule has 0 radical (unpaired) electrons. The summed E-state index contributed by atoms with van der Waals surface area (Å²) >= 11 is 4.68. The Morgan fingerprint density at radius 2 is 2.29 bits per heavy atom. The van der Waals surface area contributed by atoms with Crippen molar-refractivity contribution in [3.8, 4) is 0 Å². The molecule has 0 spiro atoms. The number of aromatic nitrogens is 1.